The Balaban J connectivity index is 2.39. The average molecular weight is 272 g/mol. The Labute approximate surface area is 116 Å². The Morgan fingerprint density at radius 1 is 1.58 bits per heavy atom. The van der Waals surface area contributed by atoms with E-state index >= 15 is 0 Å². The lowest BCUT2D eigenvalue weighted by Gasteiger charge is -2.32. The largest absolute Gasteiger partial charge is 0.389 e. The van der Waals surface area contributed by atoms with Crippen LogP contribution in [0.1, 0.15) is 40.5 Å². The van der Waals surface area contributed by atoms with E-state index in [1.165, 1.54) is 0 Å². The molecule has 1 aliphatic rings. The number of carbonyl (C=O) groups excluding carboxylic acids is 1. The molecule has 1 heterocycles. The third-order valence-electron chi connectivity index (χ3n) is 3.45. The van der Waals surface area contributed by atoms with Crippen LogP contribution >= 0.6 is 0 Å². The maximum Gasteiger partial charge on any atom is 0.237 e. The van der Waals surface area contributed by atoms with Crippen LogP contribution in [0.15, 0.2) is 0 Å². The van der Waals surface area contributed by atoms with Crippen molar-refractivity contribution < 1.29 is 14.6 Å². The third kappa shape index (κ3) is 5.89. The van der Waals surface area contributed by atoms with E-state index in [1.54, 1.807) is 13.8 Å². The van der Waals surface area contributed by atoms with Gasteiger partial charge in [-0.25, -0.2) is 0 Å². The Morgan fingerprint density at radius 2 is 2.26 bits per heavy atom. The molecular formula is C14H28N2O3. The zero-order valence-electron chi connectivity index (χ0n) is 12.6. The number of carbonyl (C=O) groups is 1. The van der Waals surface area contributed by atoms with Crippen molar-refractivity contribution in [3.05, 3.63) is 0 Å². The maximum atomic E-state index is 12.1. The Bertz CT molecular complexity index is 283. The highest BCUT2D eigenvalue weighted by Gasteiger charge is 2.26. The van der Waals surface area contributed by atoms with E-state index in [0.29, 0.717) is 13.1 Å². The quantitative estimate of drug-likeness (QED) is 0.718. The number of ether oxygens (including phenoxy) is 1. The molecule has 1 aliphatic heterocycles. The summed E-state index contributed by atoms with van der Waals surface area (Å²) in [7, 11) is 0. The first-order valence-electron chi connectivity index (χ1n) is 7.19. The smallest absolute Gasteiger partial charge is 0.237 e. The van der Waals surface area contributed by atoms with Crippen LogP contribution in [0.4, 0.5) is 0 Å². The normalized spacial score (nSPS) is 21.7. The molecule has 2 atom stereocenters. The van der Waals surface area contributed by atoms with Crippen LogP contribution in [0.5, 0.6) is 0 Å². The Morgan fingerprint density at radius 3 is 2.74 bits per heavy atom. The fourth-order valence-corrected chi connectivity index (χ4v) is 2.35. The first-order valence-corrected chi connectivity index (χ1v) is 7.19. The molecule has 0 radical (unpaired) electrons. The van der Waals surface area contributed by atoms with Gasteiger partial charge in [-0.15, -0.1) is 0 Å². The van der Waals surface area contributed by atoms with E-state index in [4.69, 9.17) is 4.74 Å². The van der Waals surface area contributed by atoms with Gasteiger partial charge in [-0.3, -0.25) is 9.69 Å². The molecule has 0 aromatic heterocycles. The van der Waals surface area contributed by atoms with E-state index in [2.05, 4.69) is 5.32 Å². The molecule has 0 aromatic rings. The minimum Gasteiger partial charge on any atom is -0.389 e. The van der Waals surface area contributed by atoms with Crippen molar-refractivity contribution in [2.75, 3.05) is 26.2 Å². The average Bonchev–Trinajstić information content (AvgIpc) is 2.84. The number of hydrogen-bond donors (Lipinski definition) is 2. The van der Waals surface area contributed by atoms with Crippen molar-refractivity contribution in [2.45, 2.75) is 58.3 Å². The third-order valence-corrected chi connectivity index (χ3v) is 3.45. The molecule has 1 saturated heterocycles. The number of likely N-dealkylation sites (N-methyl/N-ethyl adjacent to an activating group) is 1. The minimum absolute atomic E-state index is 0.00148. The zero-order chi connectivity index (χ0) is 14.5. The summed E-state index contributed by atoms with van der Waals surface area (Å²) in [6.07, 6.45) is 2.27. The van der Waals surface area contributed by atoms with Gasteiger partial charge in [-0.1, -0.05) is 6.92 Å². The van der Waals surface area contributed by atoms with Gasteiger partial charge in [0.25, 0.3) is 0 Å². The van der Waals surface area contributed by atoms with Crippen LogP contribution in [-0.2, 0) is 9.53 Å². The van der Waals surface area contributed by atoms with Crippen LogP contribution in [0, 0.1) is 0 Å². The molecule has 1 fully saturated rings. The van der Waals surface area contributed by atoms with Crippen molar-refractivity contribution in [3.8, 4) is 0 Å². The first-order chi connectivity index (χ1) is 8.83. The number of nitrogens with zero attached hydrogens (tertiary/aromatic N) is 1. The van der Waals surface area contributed by atoms with Crippen molar-refractivity contribution in [3.63, 3.8) is 0 Å². The minimum atomic E-state index is -0.793. The van der Waals surface area contributed by atoms with Crippen LogP contribution in [-0.4, -0.2) is 59.9 Å². The molecule has 5 heteroatoms. The van der Waals surface area contributed by atoms with Crippen LogP contribution in [0.25, 0.3) is 0 Å². The van der Waals surface area contributed by atoms with Crippen molar-refractivity contribution in [1.29, 1.82) is 0 Å². The highest BCUT2D eigenvalue weighted by Crippen LogP contribution is 2.11. The summed E-state index contributed by atoms with van der Waals surface area (Å²) in [6, 6.07) is -0.238. The van der Waals surface area contributed by atoms with Crippen molar-refractivity contribution >= 4 is 5.91 Å². The SMILES string of the molecule is CCN(CC(C)(C)O)C(C)C(=O)NCC1CCCO1. The monoisotopic (exact) mass is 272 g/mol. The number of hydrogen-bond acceptors (Lipinski definition) is 4. The number of aliphatic hydroxyl groups is 1. The van der Waals surface area contributed by atoms with Gasteiger partial charge in [0, 0.05) is 19.7 Å². The maximum absolute atomic E-state index is 12.1. The van der Waals surface area contributed by atoms with Gasteiger partial charge in [0.2, 0.25) is 5.91 Å². The second-order valence-corrected chi connectivity index (χ2v) is 5.93. The molecule has 0 aromatic carbocycles. The topological polar surface area (TPSA) is 61.8 Å². The molecule has 19 heavy (non-hydrogen) atoms. The second-order valence-electron chi connectivity index (χ2n) is 5.93. The molecule has 1 amide bonds. The van der Waals surface area contributed by atoms with E-state index < -0.39 is 5.60 Å². The zero-order valence-corrected chi connectivity index (χ0v) is 12.6. The summed E-state index contributed by atoms with van der Waals surface area (Å²) >= 11 is 0. The summed E-state index contributed by atoms with van der Waals surface area (Å²) in [4.78, 5) is 14.1. The van der Waals surface area contributed by atoms with E-state index in [-0.39, 0.29) is 18.1 Å². The summed E-state index contributed by atoms with van der Waals surface area (Å²) in [5.74, 6) is 0.00148. The van der Waals surface area contributed by atoms with Gasteiger partial charge >= 0.3 is 0 Å². The molecule has 1 rings (SSSR count). The van der Waals surface area contributed by atoms with Crippen LogP contribution in [0.2, 0.25) is 0 Å². The Kier molecular flexibility index (Phi) is 6.23. The van der Waals surface area contributed by atoms with Gasteiger partial charge in [0.05, 0.1) is 17.7 Å². The Hall–Kier alpha value is -0.650. The van der Waals surface area contributed by atoms with Gasteiger partial charge in [-0.2, -0.15) is 0 Å². The summed E-state index contributed by atoms with van der Waals surface area (Å²) < 4.78 is 5.48. The molecule has 0 saturated carbocycles. The van der Waals surface area contributed by atoms with Gasteiger partial charge < -0.3 is 15.2 Å². The van der Waals surface area contributed by atoms with Crippen LogP contribution in [0.3, 0.4) is 0 Å². The lowest BCUT2D eigenvalue weighted by molar-refractivity contribution is -0.127. The van der Waals surface area contributed by atoms with Gasteiger partial charge in [-0.05, 0) is 40.2 Å². The molecule has 112 valence electrons. The molecule has 0 aliphatic carbocycles. The fourth-order valence-electron chi connectivity index (χ4n) is 2.35. The standard InChI is InChI=1S/C14H28N2O3/c1-5-16(10-14(3,4)18)11(2)13(17)15-9-12-7-6-8-19-12/h11-12,18H,5-10H2,1-4H3,(H,15,17). The number of amides is 1. The first kappa shape index (κ1) is 16.4. The van der Waals surface area contributed by atoms with E-state index in [9.17, 15) is 9.90 Å². The molecule has 5 nitrogen and oxygen atoms in total. The number of rotatable bonds is 7. The lowest BCUT2D eigenvalue weighted by atomic mass is 10.1. The summed E-state index contributed by atoms with van der Waals surface area (Å²) in [5.41, 5.74) is -0.793. The number of nitrogens with one attached hydrogen (secondary N) is 1. The van der Waals surface area contributed by atoms with Gasteiger partial charge in [0.15, 0.2) is 0 Å². The fraction of sp³-hybridized carbons (Fsp3) is 0.929. The predicted octanol–water partition coefficient (Wildman–Crippen LogP) is 0.763. The predicted molar refractivity (Wildman–Crippen MR) is 75.0 cm³/mol. The highest BCUT2D eigenvalue weighted by molar-refractivity contribution is 5.81. The molecule has 2 unspecified atom stereocenters. The summed E-state index contributed by atoms with van der Waals surface area (Å²) in [5, 5.41) is 12.8. The molecule has 2 N–H and O–H groups in total. The van der Waals surface area contributed by atoms with Gasteiger partial charge in [0.1, 0.15) is 0 Å². The van der Waals surface area contributed by atoms with E-state index in [0.717, 1.165) is 26.0 Å². The van der Waals surface area contributed by atoms with Crippen LogP contribution < -0.4 is 5.32 Å². The second kappa shape index (κ2) is 7.22. The molecule has 0 spiro atoms. The van der Waals surface area contributed by atoms with Crippen molar-refractivity contribution in [2.24, 2.45) is 0 Å². The summed E-state index contributed by atoms with van der Waals surface area (Å²) in [6.45, 7) is 9.99. The van der Waals surface area contributed by atoms with Crippen molar-refractivity contribution in [1.82, 2.24) is 10.2 Å². The highest BCUT2D eigenvalue weighted by atomic mass is 16.5. The van der Waals surface area contributed by atoms with E-state index in [1.807, 2.05) is 18.7 Å². The molecular weight excluding hydrogens is 244 g/mol. The molecule has 0 bridgehead atoms. The lowest BCUT2D eigenvalue weighted by Crippen LogP contribution is -2.50.